The van der Waals surface area contributed by atoms with Crippen molar-refractivity contribution in [1.29, 1.82) is 0 Å². The van der Waals surface area contributed by atoms with E-state index in [1.54, 1.807) is 18.2 Å². The van der Waals surface area contributed by atoms with Crippen molar-refractivity contribution < 1.29 is 24.5 Å². The third kappa shape index (κ3) is 4.46. The molecule has 9 nitrogen and oxygen atoms in total. The molecule has 3 atom stereocenters. The zero-order chi connectivity index (χ0) is 26.6. The summed E-state index contributed by atoms with van der Waals surface area (Å²) in [5.74, 6) is 1.26. The van der Waals surface area contributed by atoms with Gasteiger partial charge in [-0.05, 0) is 87.1 Å². The maximum Gasteiger partial charge on any atom is 0.339 e. The van der Waals surface area contributed by atoms with Gasteiger partial charge in [0.15, 0.2) is 0 Å². The maximum atomic E-state index is 13.3. The molecule has 0 radical (unpaired) electrons. The number of carboxylic acids is 1. The lowest BCUT2D eigenvalue weighted by atomic mass is 9.52. The van der Waals surface area contributed by atoms with E-state index in [0.29, 0.717) is 48.8 Å². The number of hydrogen-bond donors (Lipinski definition) is 3. The quantitative estimate of drug-likeness (QED) is 0.532. The summed E-state index contributed by atoms with van der Waals surface area (Å²) in [5.41, 5.74) is 0.894. The average molecular weight is 521 g/mol. The highest BCUT2D eigenvalue weighted by Crippen LogP contribution is 2.55. The maximum absolute atomic E-state index is 13.3. The number of nitrogens with one attached hydrogen (secondary N) is 1. The number of anilines is 2. The van der Waals surface area contributed by atoms with Crippen LogP contribution in [-0.2, 0) is 0 Å². The fourth-order valence-corrected chi connectivity index (χ4v) is 7.74. The van der Waals surface area contributed by atoms with E-state index in [9.17, 15) is 19.8 Å². The van der Waals surface area contributed by atoms with Gasteiger partial charge in [-0.1, -0.05) is 6.07 Å². The number of methoxy groups -OCH3 is 1. The highest BCUT2D eigenvalue weighted by molar-refractivity contribution is 5.93. The second-order valence-corrected chi connectivity index (χ2v) is 11.8. The third-order valence-electron chi connectivity index (χ3n) is 9.21. The minimum atomic E-state index is -1.01. The van der Waals surface area contributed by atoms with Crippen LogP contribution in [0.15, 0.2) is 36.4 Å². The predicted molar refractivity (Wildman–Crippen MR) is 143 cm³/mol. The monoisotopic (exact) mass is 520 g/mol. The first-order valence-electron chi connectivity index (χ1n) is 13.7. The summed E-state index contributed by atoms with van der Waals surface area (Å²) in [4.78, 5) is 34.1. The fourth-order valence-electron chi connectivity index (χ4n) is 7.74. The first-order chi connectivity index (χ1) is 18.2. The van der Waals surface area contributed by atoms with Gasteiger partial charge in [-0.15, -0.1) is 0 Å². The van der Waals surface area contributed by atoms with Crippen LogP contribution < -0.4 is 19.9 Å². The highest BCUT2D eigenvalue weighted by atomic mass is 16.5. The number of amides is 1. The summed E-state index contributed by atoms with van der Waals surface area (Å²) in [6.07, 6.45) is 4.71. The molecule has 7 rings (SSSR count). The molecule has 2 heterocycles. The van der Waals surface area contributed by atoms with E-state index in [4.69, 9.17) is 9.72 Å². The summed E-state index contributed by atoms with van der Waals surface area (Å²) in [6.45, 7) is 4.20. The number of carboxylic acid groups (broad SMARTS) is 1. The Morgan fingerprint density at radius 1 is 1.11 bits per heavy atom. The van der Waals surface area contributed by atoms with Crippen molar-refractivity contribution in [3.8, 4) is 5.75 Å². The Labute approximate surface area is 222 Å². The summed E-state index contributed by atoms with van der Waals surface area (Å²) >= 11 is 0. The standard InChI is InChI=1S/C29H36N4O5/c1-17-16-32(21-6-7-24(38-2)22(12-21)28(35)36)8-9-33(17)25-5-3-4-23(30-25)27(34)31-26-19-10-18-11-20(26)15-29(37,13-18)14-19/h3-7,12,17-20,26,37H,8-11,13-16H2,1-2H3,(H,31,34)(H,35,36)/t17-,18?,19?,20?,26-,29-/m1/s1. The van der Waals surface area contributed by atoms with Crippen molar-refractivity contribution in [3.05, 3.63) is 47.7 Å². The van der Waals surface area contributed by atoms with Crippen LogP contribution in [0.5, 0.6) is 5.75 Å². The number of nitrogens with zero attached hydrogens (tertiary/aromatic N) is 3. The smallest absolute Gasteiger partial charge is 0.339 e. The number of hydrogen-bond acceptors (Lipinski definition) is 7. The number of aliphatic hydroxyl groups is 1. The van der Waals surface area contributed by atoms with E-state index < -0.39 is 11.6 Å². The summed E-state index contributed by atoms with van der Waals surface area (Å²) in [7, 11) is 1.47. The van der Waals surface area contributed by atoms with Crippen molar-refractivity contribution in [3.63, 3.8) is 0 Å². The van der Waals surface area contributed by atoms with Crippen molar-refractivity contribution in [1.82, 2.24) is 10.3 Å². The van der Waals surface area contributed by atoms with Gasteiger partial charge in [0, 0.05) is 37.4 Å². The molecule has 5 fully saturated rings. The number of aromatic nitrogens is 1. The Morgan fingerprint density at radius 3 is 2.53 bits per heavy atom. The van der Waals surface area contributed by atoms with E-state index in [0.717, 1.165) is 43.6 Å². The number of ether oxygens (including phenoxy) is 1. The molecule has 0 spiro atoms. The molecule has 9 heteroatoms. The lowest BCUT2D eigenvalue weighted by molar-refractivity contribution is -0.136. The Morgan fingerprint density at radius 2 is 1.87 bits per heavy atom. The Kier molecular flexibility index (Phi) is 6.21. The number of carbonyl (C=O) groups excluding carboxylic acids is 1. The highest BCUT2D eigenvalue weighted by Gasteiger charge is 2.55. The van der Waals surface area contributed by atoms with Crippen molar-refractivity contribution in [2.45, 2.75) is 56.7 Å². The molecule has 202 valence electrons. The first kappa shape index (κ1) is 25.0. The van der Waals surface area contributed by atoms with Gasteiger partial charge < -0.3 is 30.1 Å². The molecule has 4 bridgehead atoms. The largest absolute Gasteiger partial charge is 0.496 e. The Bertz CT molecular complexity index is 1240. The molecular formula is C29H36N4O5. The van der Waals surface area contributed by atoms with Crippen molar-refractivity contribution in [2.24, 2.45) is 17.8 Å². The molecular weight excluding hydrogens is 484 g/mol. The zero-order valence-electron chi connectivity index (χ0n) is 22.0. The summed E-state index contributed by atoms with van der Waals surface area (Å²) < 4.78 is 5.20. The first-order valence-corrected chi connectivity index (χ1v) is 13.7. The van der Waals surface area contributed by atoms with E-state index >= 15 is 0 Å². The van der Waals surface area contributed by atoms with Gasteiger partial charge in [-0.25, -0.2) is 9.78 Å². The number of rotatable bonds is 6. The van der Waals surface area contributed by atoms with E-state index in [2.05, 4.69) is 22.0 Å². The molecule has 1 amide bonds. The van der Waals surface area contributed by atoms with Crippen LogP contribution in [0, 0.1) is 17.8 Å². The molecule has 2 unspecified atom stereocenters. The normalized spacial score (nSPS) is 31.8. The molecule has 3 N–H and O–H groups in total. The SMILES string of the molecule is COc1ccc(N2CCN(c3cccc(C(=O)N[C@H]4C5CC6CC4C[C@](O)(C6)C5)n3)[C@H](C)C2)cc1C(=O)O. The van der Waals surface area contributed by atoms with Crippen LogP contribution in [-0.4, -0.2) is 71.5 Å². The van der Waals surface area contributed by atoms with Crippen molar-refractivity contribution in [2.75, 3.05) is 36.5 Å². The van der Waals surface area contributed by atoms with Crippen LogP contribution >= 0.6 is 0 Å². The number of carbonyl (C=O) groups is 2. The number of piperazine rings is 1. The van der Waals surface area contributed by atoms with Gasteiger partial charge in [0.05, 0.1) is 12.7 Å². The van der Waals surface area contributed by atoms with E-state index in [-0.39, 0.29) is 23.6 Å². The van der Waals surface area contributed by atoms with Gasteiger partial charge in [-0.3, -0.25) is 4.79 Å². The lowest BCUT2D eigenvalue weighted by Crippen LogP contribution is -2.61. The topological polar surface area (TPSA) is 115 Å². The molecule has 4 aliphatic carbocycles. The van der Waals surface area contributed by atoms with Gasteiger partial charge in [-0.2, -0.15) is 0 Å². The Balaban J connectivity index is 1.13. The summed E-state index contributed by atoms with van der Waals surface area (Å²) in [6, 6.07) is 11.1. The predicted octanol–water partition coefficient (Wildman–Crippen LogP) is 3.17. The molecule has 5 aliphatic rings. The molecule has 2 aromatic rings. The molecule has 4 saturated carbocycles. The van der Waals surface area contributed by atoms with Gasteiger partial charge in [0.2, 0.25) is 0 Å². The van der Waals surface area contributed by atoms with Gasteiger partial charge in [0.25, 0.3) is 5.91 Å². The third-order valence-corrected chi connectivity index (χ3v) is 9.21. The molecule has 1 aromatic heterocycles. The van der Waals surface area contributed by atoms with Crippen molar-refractivity contribution >= 4 is 23.4 Å². The van der Waals surface area contributed by atoms with E-state index in [1.807, 2.05) is 18.2 Å². The second-order valence-electron chi connectivity index (χ2n) is 11.8. The van der Waals surface area contributed by atoms with Crippen LogP contribution in [0.3, 0.4) is 0 Å². The van der Waals surface area contributed by atoms with Crippen LogP contribution in [0.1, 0.15) is 59.9 Å². The lowest BCUT2D eigenvalue weighted by Gasteiger charge is -2.58. The molecule has 1 aromatic carbocycles. The summed E-state index contributed by atoms with van der Waals surface area (Å²) in [5, 5.41) is 23.7. The van der Waals surface area contributed by atoms with Gasteiger partial charge >= 0.3 is 5.97 Å². The minimum absolute atomic E-state index is 0.107. The number of pyridine rings is 1. The molecule has 1 saturated heterocycles. The fraction of sp³-hybridized carbons (Fsp3) is 0.552. The van der Waals surface area contributed by atoms with Gasteiger partial charge in [0.1, 0.15) is 22.8 Å². The number of aromatic carboxylic acids is 1. The van der Waals surface area contributed by atoms with Crippen LogP contribution in [0.25, 0.3) is 0 Å². The zero-order valence-corrected chi connectivity index (χ0v) is 22.0. The van der Waals surface area contributed by atoms with Crippen LogP contribution in [0.2, 0.25) is 0 Å². The van der Waals surface area contributed by atoms with Crippen LogP contribution in [0.4, 0.5) is 11.5 Å². The van der Waals surface area contributed by atoms with E-state index in [1.165, 1.54) is 7.11 Å². The second kappa shape index (κ2) is 9.45. The number of benzene rings is 1. The minimum Gasteiger partial charge on any atom is -0.496 e. The molecule has 38 heavy (non-hydrogen) atoms. The Hall–Kier alpha value is -3.33. The molecule has 1 aliphatic heterocycles. The average Bonchev–Trinajstić information content (AvgIpc) is 2.89.